The van der Waals surface area contributed by atoms with Crippen LogP contribution in [0.5, 0.6) is 0 Å². The fourth-order valence-electron chi connectivity index (χ4n) is 1.02. The third-order valence-corrected chi connectivity index (χ3v) is 2.66. The first-order chi connectivity index (χ1) is 7.27. The van der Waals surface area contributed by atoms with E-state index in [1.165, 1.54) is 11.3 Å². The average molecular weight is 223 g/mol. The van der Waals surface area contributed by atoms with E-state index in [1.54, 1.807) is 11.4 Å². The Balaban J connectivity index is 2.42. The molecule has 0 spiro atoms. The van der Waals surface area contributed by atoms with Gasteiger partial charge in [-0.2, -0.15) is 5.26 Å². The van der Waals surface area contributed by atoms with Gasteiger partial charge in [-0.25, -0.2) is 4.79 Å². The van der Waals surface area contributed by atoms with E-state index in [2.05, 4.69) is 17.6 Å². The van der Waals surface area contributed by atoms with Crippen LogP contribution in [0.4, 0.5) is 9.80 Å². The molecule has 0 aromatic carbocycles. The molecule has 1 aromatic rings. The van der Waals surface area contributed by atoms with E-state index in [1.807, 2.05) is 6.07 Å². The molecule has 0 aliphatic carbocycles. The van der Waals surface area contributed by atoms with Gasteiger partial charge >= 0.3 is 6.03 Å². The lowest BCUT2D eigenvalue weighted by molar-refractivity contribution is 0.252. The molecule has 5 heteroatoms. The molecule has 0 bridgehead atoms. The molecular formula is C10H13N3OS. The van der Waals surface area contributed by atoms with Gasteiger partial charge in [0.25, 0.3) is 0 Å². The normalized spacial score (nSPS) is 9.33. The van der Waals surface area contributed by atoms with Crippen LogP contribution < -0.4 is 10.6 Å². The molecule has 80 valence electrons. The van der Waals surface area contributed by atoms with Crippen LogP contribution >= 0.6 is 11.3 Å². The number of hydrogen-bond donors (Lipinski definition) is 2. The van der Waals surface area contributed by atoms with Crippen LogP contribution in [0, 0.1) is 11.3 Å². The molecule has 0 aliphatic rings. The number of carbonyl (C=O) groups excluding carboxylic acids is 1. The van der Waals surface area contributed by atoms with Gasteiger partial charge < -0.3 is 5.32 Å². The summed E-state index contributed by atoms with van der Waals surface area (Å²) in [6.07, 6.45) is 2.01. The number of carbonyl (C=O) groups is 1. The Labute approximate surface area is 92.9 Å². The summed E-state index contributed by atoms with van der Waals surface area (Å²) in [5.74, 6) is 0. The Morgan fingerprint density at radius 1 is 1.67 bits per heavy atom. The maximum Gasteiger partial charge on any atom is 0.319 e. The van der Waals surface area contributed by atoms with E-state index >= 15 is 0 Å². The molecule has 0 unspecified atom stereocenters. The summed E-state index contributed by atoms with van der Waals surface area (Å²) in [6, 6.07) is 3.46. The van der Waals surface area contributed by atoms with E-state index in [-0.39, 0.29) is 6.03 Å². The number of nitriles is 1. The first-order valence-corrected chi connectivity index (χ1v) is 5.68. The van der Waals surface area contributed by atoms with E-state index in [4.69, 9.17) is 5.26 Å². The SMILES string of the molecule is CCCCNC(=O)Nc1sccc1C#N. The summed E-state index contributed by atoms with van der Waals surface area (Å²) >= 11 is 1.35. The number of amides is 2. The molecule has 0 radical (unpaired) electrons. The average Bonchev–Trinajstić information content (AvgIpc) is 2.65. The van der Waals surface area contributed by atoms with Gasteiger partial charge in [-0.05, 0) is 17.9 Å². The standard InChI is InChI=1S/C10H13N3OS/c1-2-3-5-12-10(14)13-9-8(7-11)4-6-15-9/h4,6H,2-3,5H2,1H3,(H2,12,13,14). The van der Waals surface area contributed by atoms with Gasteiger partial charge in [0.1, 0.15) is 11.1 Å². The summed E-state index contributed by atoms with van der Waals surface area (Å²) in [7, 11) is 0. The number of urea groups is 1. The Morgan fingerprint density at radius 3 is 3.13 bits per heavy atom. The van der Waals surface area contributed by atoms with Crippen LogP contribution in [-0.2, 0) is 0 Å². The predicted octanol–water partition coefficient (Wildman–Crippen LogP) is 2.54. The van der Waals surface area contributed by atoms with E-state index < -0.39 is 0 Å². The maximum atomic E-state index is 11.3. The van der Waals surface area contributed by atoms with Crippen molar-refractivity contribution in [1.29, 1.82) is 5.26 Å². The molecule has 1 aromatic heterocycles. The Morgan fingerprint density at radius 2 is 2.47 bits per heavy atom. The molecular weight excluding hydrogens is 210 g/mol. The second kappa shape index (κ2) is 6.04. The number of unbranched alkanes of at least 4 members (excludes halogenated alkanes) is 1. The van der Waals surface area contributed by atoms with Crippen LogP contribution in [0.3, 0.4) is 0 Å². The highest BCUT2D eigenvalue weighted by molar-refractivity contribution is 7.14. The van der Waals surface area contributed by atoms with Crippen LogP contribution in [0.15, 0.2) is 11.4 Å². The van der Waals surface area contributed by atoms with Crippen LogP contribution in [0.25, 0.3) is 0 Å². The molecule has 1 rings (SSSR count). The lowest BCUT2D eigenvalue weighted by Gasteiger charge is -2.04. The number of nitrogens with zero attached hydrogens (tertiary/aromatic N) is 1. The highest BCUT2D eigenvalue weighted by Crippen LogP contribution is 2.21. The topological polar surface area (TPSA) is 64.9 Å². The van der Waals surface area contributed by atoms with E-state index in [0.717, 1.165) is 12.8 Å². The van der Waals surface area contributed by atoms with Crippen molar-refractivity contribution in [3.05, 3.63) is 17.0 Å². The minimum atomic E-state index is -0.248. The van der Waals surface area contributed by atoms with Crippen LogP contribution in [-0.4, -0.2) is 12.6 Å². The molecule has 0 aliphatic heterocycles. The van der Waals surface area contributed by atoms with Crippen molar-refractivity contribution in [3.8, 4) is 6.07 Å². The van der Waals surface area contributed by atoms with Gasteiger partial charge in [-0.15, -0.1) is 11.3 Å². The summed E-state index contributed by atoms with van der Waals surface area (Å²) in [5, 5.41) is 16.5. The molecule has 0 saturated heterocycles. The van der Waals surface area contributed by atoms with Crippen molar-refractivity contribution in [2.45, 2.75) is 19.8 Å². The van der Waals surface area contributed by atoms with Gasteiger partial charge in [-0.1, -0.05) is 13.3 Å². The minimum absolute atomic E-state index is 0.248. The second-order valence-corrected chi connectivity index (χ2v) is 3.93. The largest absolute Gasteiger partial charge is 0.338 e. The second-order valence-electron chi connectivity index (χ2n) is 3.01. The number of nitrogens with one attached hydrogen (secondary N) is 2. The van der Waals surface area contributed by atoms with Gasteiger partial charge in [0.15, 0.2) is 0 Å². The lowest BCUT2D eigenvalue weighted by Crippen LogP contribution is -2.29. The molecule has 0 atom stereocenters. The molecule has 4 nitrogen and oxygen atoms in total. The molecule has 2 N–H and O–H groups in total. The zero-order valence-electron chi connectivity index (χ0n) is 8.54. The monoisotopic (exact) mass is 223 g/mol. The number of anilines is 1. The van der Waals surface area contributed by atoms with Crippen LogP contribution in [0.1, 0.15) is 25.3 Å². The van der Waals surface area contributed by atoms with Crippen molar-refractivity contribution in [2.24, 2.45) is 0 Å². The zero-order chi connectivity index (χ0) is 11.1. The summed E-state index contributed by atoms with van der Waals surface area (Å²) in [4.78, 5) is 11.3. The molecule has 1 heterocycles. The Kier molecular flexibility index (Phi) is 4.64. The van der Waals surface area contributed by atoms with E-state index in [0.29, 0.717) is 17.1 Å². The number of rotatable bonds is 4. The van der Waals surface area contributed by atoms with Crippen molar-refractivity contribution in [2.75, 3.05) is 11.9 Å². The number of hydrogen-bond acceptors (Lipinski definition) is 3. The van der Waals surface area contributed by atoms with Crippen molar-refractivity contribution in [3.63, 3.8) is 0 Å². The minimum Gasteiger partial charge on any atom is -0.338 e. The summed E-state index contributed by atoms with van der Waals surface area (Å²) in [5.41, 5.74) is 0.505. The Bertz CT molecular complexity index is 367. The van der Waals surface area contributed by atoms with Crippen LogP contribution in [0.2, 0.25) is 0 Å². The zero-order valence-corrected chi connectivity index (χ0v) is 9.36. The van der Waals surface area contributed by atoms with Gasteiger partial charge in [0, 0.05) is 6.54 Å². The van der Waals surface area contributed by atoms with Gasteiger partial charge in [-0.3, -0.25) is 5.32 Å². The number of thiophene rings is 1. The van der Waals surface area contributed by atoms with Crippen molar-refractivity contribution >= 4 is 22.4 Å². The third-order valence-electron chi connectivity index (χ3n) is 1.83. The van der Waals surface area contributed by atoms with Gasteiger partial charge in [0.2, 0.25) is 0 Å². The molecule has 0 saturated carbocycles. The molecule has 2 amide bonds. The fraction of sp³-hybridized carbons (Fsp3) is 0.400. The van der Waals surface area contributed by atoms with Crippen molar-refractivity contribution < 1.29 is 4.79 Å². The first-order valence-electron chi connectivity index (χ1n) is 4.80. The summed E-state index contributed by atoms with van der Waals surface area (Å²) in [6.45, 7) is 2.72. The van der Waals surface area contributed by atoms with Gasteiger partial charge in [0.05, 0.1) is 5.56 Å². The predicted molar refractivity (Wildman–Crippen MR) is 61.0 cm³/mol. The Hall–Kier alpha value is -1.54. The molecule has 0 fully saturated rings. The molecule has 15 heavy (non-hydrogen) atoms. The smallest absolute Gasteiger partial charge is 0.319 e. The highest BCUT2D eigenvalue weighted by Gasteiger charge is 2.06. The lowest BCUT2D eigenvalue weighted by atomic mass is 10.3. The quantitative estimate of drug-likeness (QED) is 0.770. The fourth-order valence-corrected chi connectivity index (χ4v) is 1.75. The first kappa shape index (κ1) is 11.5. The summed E-state index contributed by atoms with van der Waals surface area (Å²) < 4.78 is 0. The highest BCUT2D eigenvalue weighted by atomic mass is 32.1. The van der Waals surface area contributed by atoms with E-state index in [9.17, 15) is 4.79 Å². The third kappa shape index (κ3) is 3.60. The van der Waals surface area contributed by atoms with Crippen molar-refractivity contribution in [1.82, 2.24) is 5.32 Å². The maximum absolute atomic E-state index is 11.3.